The van der Waals surface area contributed by atoms with Gasteiger partial charge in [-0.2, -0.15) is 0 Å². The minimum absolute atomic E-state index is 0. The number of hydrogen-bond donors (Lipinski definition) is 0. The molecule has 102 valence electrons. The summed E-state index contributed by atoms with van der Waals surface area (Å²) in [4.78, 5) is 0. The van der Waals surface area contributed by atoms with E-state index in [4.69, 9.17) is 4.74 Å². The molecule has 0 saturated carbocycles. The van der Waals surface area contributed by atoms with Crippen LogP contribution in [0.5, 0.6) is 5.75 Å². The summed E-state index contributed by atoms with van der Waals surface area (Å²) in [5, 5.41) is 7.57. The maximum atomic E-state index is 12.6. The fourth-order valence-electron chi connectivity index (χ4n) is 1.65. The minimum atomic E-state index is -4.98. The van der Waals surface area contributed by atoms with E-state index in [0.29, 0.717) is 17.0 Å². The van der Waals surface area contributed by atoms with Crippen LogP contribution in [0, 0.1) is 6.92 Å². The van der Waals surface area contributed by atoms with Gasteiger partial charge in [-0.25, -0.2) is 0 Å². The van der Waals surface area contributed by atoms with E-state index in [-0.39, 0.29) is 58.0 Å². The van der Waals surface area contributed by atoms with Crippen molar-refractivity contribution in [2.75, 3.05) is 0 Å². The van der Waals surface area contributed by atoms with Gasteiger partial charge in [-0.15, -0.1) is 10.6 Å². The maximum absolute atomic E-state index is 12.6. The molecule has 4 nitrogen and oxygen atoms in total. The van der Waals surface area contributed by atoms with Gasteiger partial charge in [0.05, 0.1) is 6.20 Å². The molecule has 0 fully saturated rings. The summed E-state index contributed by atoms with van der Waals surface area (Å²) in [5.74, 6) is 0.412. The molecule has 9 heteroatoms. The Bertz CT molecular complexity index is 589. The van der Waals surface area contributed by atoms with Crippen LogP contribution in [-0.2, 0) is 13.7 Å². The zero-order chi connectivity index (χ0) is 14.0. The van der Waals surface area contributed by atoms with Gasteiger partial charge in [-0.3, -0.25) is 4.68 Å². The first-order valence-electron chi connectivity index (χ1n) is 5.65. The Morgan fingerprint density at radius 1 is 1.30 bits per heavy atom. The van der Waals surface area contributed by atoms with Gasteiger partial charge in [-0.1, -0.05) is 17.3 Å². The molecule has 2 rings (SSSR count). The van der Waals surface area contributed by atoms with Crippen LogP contribution in [0.15, 0.2) is 24.4 Å². The number of benzene rings is 1. The predicted octanol–water partition coefficient (Wildman–Crippen LogP) is -1.24. The van der Waals surface area contributed by atoms with Crippen LogP contribution in [0.25, 0.3) is 0 Å². The molecule has 0 N–H and O–H groups in total. The molecule has 0 spiro atoms. The molecule has 0 radical (unpaired) electrons. The number of halogens is 3. The smallest absolute Gasteiger partial charge is 0.487 e. The van der Waals surface area contributed by atoms with Crippen LogP contribution in [0.3, 0.4) is 0 Å². The van der Waals surface area contributed by atoms with Crippen molar-refractivity contribution in [3.63, 3.8) is 0 Å². The van der Waals surface area contributed by atoms with Crippen LogP contribution in [0.4, 0.5) is 12.9 Å². The van der Waals surface area contributed by atoms with E-state index in [9.17, 15) is 12.9 Å². The van der Waals surface area contributed by atoms with Gasteiger partial charge in [-0.05, 0) is 18.6 Å². The van der Waals surface area contributed by atoms with Crippen LogP contribution < -0.4 is 61.6 Å². The summed E-state index contributed by atoms with van der Waals surface area (Å²) in [6.45, 7) is -3.22. The van der Waals surface area contributed by atoms with Gasteiger partial charge in [0, 0.05) is 7.05 Å². The second-order valence-corrected chi connectivity index (χ2v) is 4.27. The first-order chi connectivity index (χ1) is 8.86. The van der Waals surface area contributed by atoms with Crippen LogP contribution in [0.1, 0.15) is 11.3 Å². The quantitative estimate of drug-likeness (QED) is 0.664. The standard InChI is InChI=1S/C11H12BF3N3O.K/c1-8-5-9(12(13,14)15)3-4-11(8)19-7-10-6-18(2)17-16-10;/h3-6H,7H2,1-2H3;/q-1;+1. The zero-order valence-corrected chi connectivity index (χ0v) is 14.6. The van der Waals surface area contributed by atoms with Crippen molar-refractivity contribution in [1.29, 1.82) is 0 Å². The molecule has 0 atom stereocenters. The molecule has 0 aliphatic heterocycles. The summed E-state index contributed by atoms with van der Waals surface area (Å²) < 4.78 is 44.6. The number of ether oxygens (including phenoxy) is 1. The molecule has 0 bridgehead atoms. The minimum Gasteiger partial charge on any atom is -0.487 e. The molecule has 1 aromatic heterocycles. The summed E-state index contributed by atoms with van der Waals surface area (Å²) in [7, 11) is 1.72. The fourth-order valence-corrected chi connectivity index (χ4v) is 1.65. The summed E-state index contributed by atoms with van der Waals surface area (Å²) >= 11 is 0. The normalized spacial score (nSPS) is 11.1. The van der Waals surface area contributed by atoms with E-state index >= 15 is 0 Å². The topological polar surface area (TPSA) is 39.9 Å². The molecule has 0 aliphatic carbocycles. The monoisotopic (exact) mass is 309 g/mol. The van der Waals surface area contributed by atoms with Gasteiger partial charge in [0.15, 0.2) is 0 Å². The van der Waals surface area contributed by atoms with Crippen LogP contribution >= 0.6 is 0 Å². The fraction of sp³-hybridized carbons (Fsp3) is 0.273. The Kier molecular flexibility index (Phi) is 6.27. The Hall–Kier alpha value is -0.349. The SMILES string of the molecule is Cc1cc([B-](F)(F)F)ccc1OCc1cn(C)nn1.[K+]. The van der Waals surface area contributed by atoms with Gasteiger partial charge in [0.2, 0.25) is 0 Å². The van der Waals surface area contributed by atoms with Crippen molar-refractivity contribution in [1.82, 2.24) is 15.0 Å². The number of aromatic nitrogens is 3. The number of rotatable bonds is 4. The molecule has 0 saturated heterocycles. The van der Waals surface area contributed by atoms with E-state index in [1.165, 1.54) is 10.7 Å². The largest absolute Gasteiger partial charge is 1.00 e. The molecule has 0 amide bonds. The van der Waals surface area contributed by atoms with Crippen molar-refractivity contribution in [3.05, 3.63) is 35.7 Å². The third kappa shape index (κ3) is 4.59. The molecule has 0 unspecified atom stereocenters. The first-order valence-corrected chi connectivity index (χ1v) is 5.65. The average Bonchev–Trinajstić information content (AvgIpc) is 2.72. The van der Waals surface area contributed by atoms with Gasteiger partial charge in [0.25, 0.3) is 0 Å². The summed E-state index contributed by atoms with van der Waals surface area (Å²) in [6, 6.07) is 3.45. The van der Waals surface area contributed by atoms with E-state index < -0.39 is 12.4 Å². The zero-order valence-electron chi connectivity index (χ0n) is 11.5. The second-order valence-electron chi connectivity index (χ2n) is 4.27. The Labute approximate surface area is 157 Å². The van der Waals surface area contributed by atoms with Crippen molar-refractivity contribution in [2.24, 2.45) is 7.05 Å². The third-order valence-corrected chi connectivity index (χ3v) is 2.60. The molecule has 1 heterocycles. The number of nitrogens with zero attached hydrogens (tertiary/aromatic N) is 3. The molecular weight excluding hydrogens is 297 g/mol. The maximum Gasteiger partial charge on any atom is 1.00 e. The van der Waals surface area contributed by atoms with Crippen molar-refractivity contribution >= 4 is 12.4 Å². The number of aryl methyl sites for hydroxylation is 2. The number of hydrogen-bond acceptors (Lipinski definition) is 3. The summed E-state index contributed by atoms with van der Waals surface area (Å²) in [6.07, 6.45) is 1.68. The molecule has 20 heavy (non-hydrogen) atoms. The third-order valence-electron chi connectivity index (χ3n) is 2.60. The molecular formula is C11H12BF3KN3O. The molecule has 2 aromatic rings. The van der Waals surface area contributed by atoms with E-state index in [1.54, 1.807) is 20.2 Å². The Morgan fingerprint density at radius 3 is 2.50 bits per heavy atom. The summed E-state index contributed by atoms with van der Waals surface area (Å²) in [5.41, 5.74) is 0.441. The van der Waals surface area contributed by atoms with Gasteiger partial charge < -0.3 is 17.7 Å². The van der Waals surface area contributed by atoms with Crippen LogP contribution in [0.2, 0.25) is 0 Å². The van der Waals surface area contributed by atoms with Crippen molar-refractivity contribution in [2.45, 2.75) is 13.5 Å². The second kappa shape index (κ2) is 7.08. The predicted molar refractivity (Wildman–Crippen MR) is 65.2 cm³/mol. The van der Waals surface area contributed by atoms with Crippen molar-refractivity contribution < 1.29 is 69.1 Å². The van der Waals surface area contributed by atoms with E-state index in [2.05, 4.69) is 10.3 Å². The van der Waals surface area contributed by atoms with Gasteiger partial charge >= 0.3 is 58.4 Å². The Morgan fingerprint density at radius 2 is 2.00 bits per heavy atom. The van der Waals surface area contributed by atoms with E-state index in [1.807, 2.05) is 0 Å². The Balaban J connectivity index is 0.00000200. The van der Waals surface area contributed by atoms with Crippen molar-refractivity contribution in [3.8, 4) is 5.75 Å². The average molecular weight is 309 g/mol. The van der Waals surface area contributed by atoms with Gasteiger partial charge in [0.1, 0.15) is 18.1 Å². The first kappa shape index (κ1) is 17.7. The van der Waals surface area contributed by atoms with Crippen LogP contribution in [-0.4, -0.2) is 22.0 Å². The molecule has 0 aliphatic rings. The molecule has 1 aromatic carbocycles. The van der Waals surface area contributed by atoms with E-state index in [0.717, 1.165) is 12.1 Å².